The first-order chi connectivity index (χ1) is 10.4. The van der Waals surface area contributed by atoms with Crippen LogP contribution in [0.15, 0.2) is 33.6 Å². The Hall–Kier alpha value is -0.670. The monoisotopic (exact) mass is 426 g/mol. The summed E-state index contributed by atoms with van der Waals surface area (Å²) in [6, 6.07) is 6.60. The average Bonchev–Trinajstić information content (AvgIpc) is 2.47. The summed E-state index contributed by atoms with van der Waals surface area (Å²) in [7, 11) is -3.48. The normalized spacial score (nSPS) is 19.1. The number of aliphatic carboxylic acids is 1. The van der Waals surface area contributed by atoms with E-state index < -0.39 is 16.0 Å². The number of hydrogen-bond donors (Lipinski definition) is 2. The van der Waals surface area contributed by atoms with Gasteiger partial charge in [-0.2, -0.15) is 4.31 Å². The fourth-order valence-corrected chi connectivity index (χ4v) is 4.37. The minimum absolute atomic E-state index is 0. The molecule has 1 aromatic carbocycles. The lowest BCUT2D eigenvalue weighted by molar-refractivity contribution is -0.136. The number of hydrogen-bond acceptors (Lipinski definition) is 4. The Morgan fingerprint density at radius 1 is 1.35 bits per heavy atom. The molecule has 1 unspecified atom stereocenters. The van der Waals surface area contributed by atoms with Crippen molar-refractivity contribution in [1.82, 2.24) is 9.62 Å². The Morgan fingerprint density at radius 2 is 2.00 bits per heavy atom. The minimum atomic E-state index is -3.48. The summed E-state index contributed by atoms with van der Waals surface area (Å²) >= 11 is 3.29. The zero-order valence-corrected chi connectivity index (χ0v) is 15.7. The van der Waals surface area contributed by atoms with E-state index in [2.05, 4.69) is 21.2 Å². The van der Waals surface area contributed by atoms with E-state index in [4.69, 9.17) is 5.11 Å². The van der Waals surface area contributed by atoms with Gasteiger partial charge in [0.05, 0.1) is 11.4 Å². The minimum Gasteiger partial charge on any atom is -0.480 e. The van der Waals surface area contributed by atoms with Gasteiger partial charge in [-0.3, -0.25) is 4.79 Å². The Bertz CT molecular complexity index is 624. The summed E-state index contributed by atoms with van der Waals surface area (Å²) in [4.78, 5) is 10.8. The van der Waals surface area contributed by atoms with Crippen LogP contribution in [0.3, 0.4) is 0 Å². The molecule has 1 fully saturated rings. The van der Waals surface area contributed by atoms with Crippen LogP contribution < -0.4 is 5.32 Å². The maximum Gasteiger partial charge on any atom is 0.317 e. The Labute approximate surface area is 150 Å². The molecule has 1 heterocycles. The van der Waals surface area contributed by atoms with Crippen LogP contribution in [0.25, 0.3) is 0 Å². The van der Waals surface area contributed by atoms with Gasteiger partial charge in [0.25, 0.3) is 0 Å². The molecule has 6 nitrogen and oxygen atoms in total. The van der Waals surface area contributed by atoms with Gasteiger partial charge in [0.15, 0.2) is 0 Å². The van der Waals surface area contributed by atoms with E-state index in [1.165, 1.54) is 4.31 Å². The molecule has 0 saturated carbocycles. The van der Waals surface area contributed by atoms with Crippen molar-refractivity contribution in [2.45, 2.75) is 17.7 Å². The molecule has 0 radical (unpaired) electrons. The van der Waals surface area contributed by atoms with Crippen LogP contribution in [-0.4, -0.2) is 50.0 Å². The van der Waals surface area contributed by atoms with Crippen LogP contribution in [-0.2, 0) is 14.8 Å². The Balaban J connectivity index is 0.00000264. The first kappa shape index (κ1) is 20.4. The Morgan fingerprint density at radius 3 is 2.61 bits per heavy atom. The maximum atomic E-state index is 12.6. The third kappa shape index (κ3) is 5.72. The number of sulfonamides is 1. The molecule has 0 bridgehead atoms. The lowest BCUT2D eigenvalue weighted by atomic mass is 10.00. The molecule has 1 saturated heterocycles. The van der Waals surface area contributed by atoms with E-state index in [0.717, 1.165) is 17.3 Å². The van der Waals surface area contributed by atoms with Crippen LogP contribution in [0.1, 0.15) is 12.8 Å². The quantitative estimate of drug-likeness (QED) is 0.724. The first-order valence-electron chi connectivity index (χ1n) is 7.08. The van der Waals surface area contributed by atoms with E-state index in [1.54, 1.807) is 24.3 Å². The molecule has 2 N–H and O–H groups in total. The summed E-state index contributed by atoms with van der Waals surface area (Å²) < 4.78 is 27.6. The fourth-order valence-electron chi connectivity index (χ4n) is 2.55. The highest BCUT2D eigenvalue weighted by atomic mass is 79.9. The van der Waals surface area contributed by atoms with Crippen molar-refractivity contribution in [3.05, 3.63) is 28.7 Å². The predicted octanol–water partition coefficient (Wildman–Crippen LogP) is 1.95. The van der Waals surface area contributed by atoms with Crippen molar-refractivity contribution in [3.8, 4) is 0 Å². The van der Waals surface area contributed by atoms with Crippen LogP contribution in [0.4, 0.5) is 0 Å². The molecular formula is C14H20BrClN2O4S. The number of nitrogens with one attached hydrogen (secondary N) is 1. The largest absolute Gasteiger partial charge is 0.480 e. The van der Waals surface area contributed by atoms with Crippen molar-refractivity contribution in [1.29, 1.82) is 0 Å². The second kappa shape index (κ2) is 8.98. The van der Waals surface area contributed by atoms with Crippen LogP contribution in [0, 0.1) is 5.92 Å². The van der Waals surface area contributed by atoms with Gasteiger partial charge in [0.2, 0.25) is 10.0 Å². The molecule has 0 aliphatic carbocycles. The second-order valence-electron chi connectivity index (χ2n) is 5.35. The van der Waals surface area contributed by atoms with Gasteiger partial charge in [0.1, 0.15) is 0 Å². The van der Waals surface area contributed by atoms with Crippen LogP contribution in [0.5, 0.6) is 0 Å². The molecule has 0 aromatic heterocycles. The number of carboxylic acid groups (broad SMARTS) is 1. The predicted molar refractivity (Wildman–Crippen MR) is 93.4 cm³/mol. The van der Waals surface area contributed by atoms with Gasteiger partial charge in [-0.05, 0) is 49.6 Å². The Kier molecular flexibility index (Phi) is 7.96. The lowest BCUT2D eigenvalue weighted by Gasteiger charge is -2.32. The summed E-state index contributed by atoms with van der Waals surface area (Å²) in [5.41, 5.74) is 0. The zero-order chi connectivity index (χ0) is 16.2. The van der Waals surface area contributed by atoms with E-state index in [0.29, 0.717) is 19.6 Å². The maximum absolute atomic E-state index is 12.6. The highest BCUT2D eigenvalue weighted by Gasteiger charge is 2.30. The molecule has 1 atom stereocenters. The standard InChI is InChI=1S/C14H19BrN2O4S.ClH/c15-12-3-5-13(6-4-12)22(20,21)17-7-1-2-11(10-17)8-16-9-14(18)19;/h3-6,11,16H,1-2,7-10H2,(H,18,19);1H. The number of carboxylic acids is 1. The van der Waals surface area contributed by atoms with Crippen molar-refractivity contribution in [2.24, 2.45) is 5.92 Å². The molecule has 0 amide bonds. The molecule has 0 spiro atoms. The molecule has 1 aromatic rings. The SMILES string of the molecule is Cl.O=C(O)CNCC1CCCN(S(=O)(=O)c2ccc(Br)cc2)C1. The van der Waals surface area contributed by atoms with Crippen molar-refractivity contribution < 1.29 is 18.3 Å². The lowest BCUT2D eigenvalue weighted by Crippen LogP contribution is -2.43. The summed E-state index contributed by atoms with van der Waals surface area (Å²) in [6.07, 6.45) is 1.69. The summed E-state index contributed by atoms with van der Waals surface area (Å²) in [5.74, 6) is -0.770. The van der Waals surface area contributed by atoms with E-state index >= 15 is 0 Å². The van der Waals surface area contributed by atoms with Crippen LogP contribution in [0.2, 0.25) is 0 Å². The molecular weight excluding hydrogens is 408 g/mol. The van der Waals surface area contributed by atoms with Gasteiger partial charge in [-0.1, -0.05) is 15.9 Å². The molecule has 130 valence electrons. The average molecular weight is 428 g/mol. The van der Waals surface area contributed by atoms with Gasteiger partial charge >= 0.3 is 5.97 Å². The highest BCUT2D eigenvalue weighted by molar-refractivity contribution is 9.10. The third-order valence-corrected chi connectivity index (χ3v) is 6.05. The first-order valence-corrected chi connectivity index (χ1v) is 9.31. The smallest absolute Gasteiger partial charge is 0.317 e. The van der Waals surface area contributed by atoms with Gasteiger partial charge in [-0.15, -0.1) is 12.4 Å². The van der Waals surface area contributed by atoms with E-state index in [9.17, 15) is 13.2 Å². The van der Waals surface area contributed by atoms with Crippen LogP contribution >= 0.6 is 28.3 Å². The van der Waals surface area contributed by atoms with Crippen molar-refractivity contribution >= 4 is 44.3 Å². The fraction of sp³-hybridized carbons (Fsp3) is 0.500. The molecule has 1 aliphatic rings. The highest BCUT2D eigenvalue weighted by Crippen LogP contribution is 2.24. The van der Waals surface area contributed by atoms with E-state index in [1.807, 2.05) is 0 Å². The van der Waals surface area contributed by atoms with Gasteiger partial charge in [-0.25, -0.2) is 8.42 Å². The molecule has 1 aliphatic heterocycles. The van der Waals surface area contributed by atoms with Gasteiger partial charge < -0.3 is 10.4 Å². The van der Waals surface area contributed by atoms with Gasteiger partial charge in [0, 0.05) is 17.6 Å². The third-order valence-electron chi connectivity index (χ3n) is 3.64. The summed E-state index contributed by atoms with van der Waals surface area (Å²) in [5, 5.41) is 11.5. The number of benzene rings is 1. The number of carbonyl (C=O) groups is 1. The number of rotatable bonds is 6. The topological polar surface area (TPSA) is 86.7 Å². The number of piperidine rings is 1. The van der Waals surface area contributed by atoms with Crippen molar-refractivity contribution in [2.75, 3.05) is 26.2 Å². The summed E-state index contributed by atoms with van der Waals surface area (Å²) in [6.45, 7) is 1.34. The van der Waals surface area contributed by atoms with Crippen molar-refractivity contribution in [3.63, 3.8) is 0 Å². The second-order valence-corrected chi connectivity index (χ2v) is 8.20. The molecule has 23 heavy (non-hydrogen) atoms. The molecule has 9 heteroatoms. The number of nitrogens with zero attached hydrogens (tertiary/aromatic N) is 1. The molecule has 2 rings (SSSR count). The number of halogens is 2. The zero-order valence-electron chi connectivity index (χ0n) is 12.4. The van der Waals surface area contributed by atoms with E-state index in [-0.39, 0.29) is 29.8 Å².